The number of aliphatic imine (C=N–C) groups is 1. The molecule has 22 heavy (non-hydrogen) atoms. The molecule has 1 saturated heterocycles. The van der Waals surface area contributed by atoms with Gasteiger partial charge in [-0.2, -0.15) is 0 Å². The zero-order valence-corrected chi connectivity index (χ0v) is 13.0. The van der Waals surface area contributed by atoms with E-state index in [0.29, 0.717) is 6.54 Å². The second-order valence-corrected chi connectivity index (χ2v) is 5.73. The second kappa shape index (κ2) is 6.83. The third-order valence-corrected chi connectivity index (χ3v) is 4.12. The highest BCUT2D eigenvalue weighted by molar-refractivity contribution is 5.83. The summed E-state index contributed by atoms with van der Waals surface area (Å²) >= 11 is 0. The lowest BCUT2D eigenvalue weighted by Crippen LogP contribution is -2.40. The van der Waals surface area contributed by atoms with Crippen molar-refractivity contribution >= 4 is 16.9 Å². The van der Waals surface area contributed by atoms with Gasteiger partial charge in [0.25, 0.3) is 0 Å². The van der Waals surface area contributed by atoms with Gasteiger partial charge in [-0.05, 0) is 31.4 Å². The lowest BCUT2D eigenvalue weighted by molar-refractivity contribution is 0.188. The quantitative estimate of drug-likeness (QED) is 0.595. The highest BCUT2D eigenvalue weighted by Gasteiger charge is 2.22. The summed E-state index contributed by atoms with van der Waals surface area (Å²) < 4.78 is 0. The number of β-amino-alcohol motifs (C(OH)–C–C–N with tert-alkyl or cyclic N) is 1. The molecule has 1 aromatic heterocycles. The van der Waals surface area contributed by atoms with E-state index in [0.717, 1.165) is 38.4 Å². The van der Waals surface area contributed by atoms with Crippen molar-refractivity contribution in [2.45, 2.75) is 25.9 Å². The maximum Gasteiger partial charge on any atom is 0.194 e. The smallest absolute Gasteiger partial charge is 0.194 e. The van der Waals surface area contributed by atoms with Gasteiger partial charge in [-0.15, -0.1) is 0 Å². The van der Waals surface area contributed by atoms with Gasteiger partial charge in [0.15, 0.2) is 5.96 Å². The number of likely N-dealkylation sites (tertiary alicyclic amines) is 1. The predicted molar refractivity (Wildman–Crippen MR) is 90.2 cm³/mol. The molecule has 0 bridgehead atoms. The molecule has 1 atom stereocenters. The summed E-state index contributed by atoms with van der Waals surface area (Å²) in [7, 11) is 0. The molecule has 3 rings (SSSR count). The number of rotatable bonds is 4. The summed E-state index contributed by atoms with van der Waals surface area (Å²) in [6.45, 7) is 5.22. The number of benzene rings is 1. The molecule has 3 N–H and O–H groups in total. The molecule has 0 aliphatic carbocycles. The monoisotopic (exact) mass is 300 g/mol. The third kappa shape index (κ3) is 3.25. The molecule has 1 aliphatic heterocycles. The Balaban J connectivity index is 1.66. The van der Waals surface area contributed by atoms with Crippen molar-refractivity contribution in [3.8, 4) is 0 Å². The first-order valence-electron chi connectivity index (χ1n) is 8.04. The Labute approximate surface area is 131 Å². The number of aromatic nitrogens is 1. The SMILES string of the molecule is CCNC(=NCCc1c[nH]c2ccccc12)N1CC[C@@H](O)C1. The molecule has 1 aromatic carbocycles. The number of H-pyrrole nitrogens is 1. The number of guanidine groups is 1. The normalized spacial score (nSPS) is 19.1. The first-order chi connectivity index (χ1) is 10.8. The molecule has 2 aromatic rings. The van der Waals surface area contributed by atoms with Gasteiger partial charge < -0.3 is 20.3 Å². The van der Waals surface area contributed by atoms with Gasteiger partial charge in [0.1, 0.15) is 0 Å². The molecule has 5 nitrogen and oxygen atoms in total. The molecule has 0 radical (unpaired) electrons. The fraction of sp³-hybridized carbons (Fsp3) is 0.471. The van der Waals surface area contributed by atoms with Crippen molar-refractivity contribution in [1.82, 2.24) is 15.2 Å². The van der Waals surface area contributed by atoms with Crippen LogP contribution in [0.5, 0.6) is 0 Å². The number of aromatic amines is 1. The summed E-state index contributed by atoms with van der Waals surface area (Å²) in [6, 6.07) is 8.35. The Morgan fingerprint density at radius 1 is 1.45 bits per heavy atom. The van der Waals surface area contributed by atoms with Gasteiger partial charge in [-0.1, -0.05) is 18.2 Å². The van der Waals surface area contributed by atoms with Crippen LogP contribution in [0.15, 0.2) is 35.5 Å². The van der Waals surface area contributed by atoms with Crippen LogP contribution >= 0.6 is 0 Å². The van der Waals surface area contributed by atoms with Crippen LogP contribution in [0, 0.1) is 0 Å². The van der Waals surface area contributed by atoms with Crippen LogP contribution in [-0.2, 0) is 6.42 Å². The average molecular weight is 300 g/mol. The van der Waals surface area contributed by atoms with Crippen LogP contribution < -0.4 is 5.32 Å². The molecule has 5 heteroatoms. The predicted octanol–water partition coefficient (Wildman–Crippen LogP) is 1.74. The Morgan fingerprint density at radius 2 is 2.32 bits per heavy atom. The van der Waals surface area contributed by atoms with E-state index in [1.807, 2.05) is 6.07 Å². The van der Waals surface area contributed by atoms with Crippen LogP contribution in [0.4, 0.5) is 0 Å². The molecule has 0 saturated carbocycles. The van der Waals surface area contributed by atoms with Crippen LogP contribution in [-0.4, -0.2) is 53.2 Å². The van der Waals surface area contributed by atoms with Crippen LogP contribution in [0.1, 0.15) is 18.9 Å². The minimum absolute atomic E-state index is 0.225. The molecule has 1 fully saturated rings. The molecule has 1 aliphatic rings. The van der Waals surface area contributed by atoms with Crippen LogP contribution in [0.25, 0.3) is 10.9 Å². The summed E-state index contributed by atoms with van der Waals surface area (Å²) in [4.78, 5) is 10.2. The highest BCUT2D eigenvalue weighted by Crippen LogP contribution is 2.18. The summed E-state index contributed by atoms with van der Waals surface area (Å²) in [5, 5.41) is 14.3. The summed E-state index contributed by atoms with van der Waals surface area (Å²) in [5.74, 6) is 0.916. The van der Waals surface area contributed by atoms with E-state index in [9.17, 15) is 5.11 Å². The van der Waals surface area contributed by atoms with E-state index in [-0.39, 0.29) is 6.10 Å². The second-order valence-electron chi connectivity index (χ2n) is 5.73. The Kier molecular flexibility index (Phi) is 4.63. The Morgan fingerprint density at radius 3 is 3.09 bits per heavy atom. The fourth-order valence-electron chi connectivity index (χ4n) is 2.98. The number of hydrogen-bond donors (Lipinski definition) is 3. The van der Waals surface area contributed by atoms with Gasteiger partial charge in [-0.25, -0.2) is 0 Å². The Bertz CT molecular complexity index is 649. The third-order valence-electron chi connectivity index (χ3n) is 4.12. The van der Waals surface area contributed by atoms with Crippen molar-refractivity contribution in [2.24, 2.45) is 4.99 Å². The molecule has 2 heterocycles. The lowest BCUT2D eigenvalue weighted by Gasteiger charge is -2.20. The summed E-state index contributed by atoms with van der Waals surface area (Å²) in [6.07, 6.45) is 3.59. The largest absolute Gasteiger partial charge is 0.391 e. The molecule has 118 valence electrons. The molecular weight excluding hydrogens is 276 g/mol. The number of para-hydroxylation sites is 1. The molecule has 0 unspecified atom stereocenters. The fourth-order valence-corrected chi connectivity index (χ4v) is 2.98. The van der Waals surface area contributed by atoms with E-state index in [2.05, 4.69) is 46.5 Å². The number of nitrogens with zero attached hydrogens (tertiary/aromatic N) is 2. The van der Waals surface area contributed by atoms with Crippen molar-refractivity contribution in [2.75, 3.05) is 26.2 Å². The number of aliphatic hydroxyl groups is 1. The van der Waals surface area contributed by atoms with Crippen molar-refractivity contribution < 1.29 is 5.11 Å². The molecule has 0 spiro atoms. The number of hydrogen-bond acceptors (Lipinski definition) is 2. The topological polar surface area (TPSA) is 63.7 Å². The van der Waals surface area contributed by atoms with Crippen LogP contribution in [0.2, 0.25) is 0 Å². The van der Waals surface area contributed by atoms with E-state index < -0.39 is 0 Å². The van der Waals surface area contributed by atoms with Gasteiger partial charge >= 0.3 is 0 Å². The van der Waals surface area contributed by atoms with Gasteiger partial charge in [0, 0.05) is 43.3 Å². The average Bonchev–Trinajstić information content (AvgIpc) is 3.13. The molecular formula is C17H24N4O. The molecule has 0 amide bonds. The van der Waals surface area contributed by atoms with Gasteiger partial charge in [0.05, 0.1) is 6.10 Å². The number of fused-ring (bicyclic) bond motifs is 1. The zero-order chi connectivity index (χ0) is 15.4. The van der Waals surface area contributed by atoms with Gasteiger partial charge in [-0.3, -0.25) is 4.99 Å². The Hall–Kier alpha value is -2.01. The summed E-state index contributed by atoms with van der Waals surface area (Å²) in [5.41, 5.74) is 2.48. The first-order valence-corrected chi connectivity index (χ1v) is 8.04. The first kappa shape index (κ1) is 14.9. The van der Waals surface area contributed by atoms with Gasteiger partial charge in [0.2, 0.25) is 0 Å². The highest BCUT2D eigenvalue weighted by atomic mass is 16.3. The number of aliphatic hydroxyl groups excluding tert-OH is 1. The minimum Gasteiger partial charge on any atom is -0.391 e. The standard InChI is InChI=1S/C17H24N4O/c1-2-18-17(21-10-8-14(22)12-21)19-9-7-13-11-20-16-6-4-3-5-15(13)16/h3-6,11,14,20,22H,2,7-10,12H2,1H3,(H,18,19)/t14-/m1/s1. The maximum atomic E-state index is 9.68. The van der Waals surface area contributed by atoms with E-state index in [1.54, 1.807) is 0 Å². The minimum atomic E-state index is -0.225. The number of nitrogens with one attached hydrogen (secondary N) is 2. The van der Waals surface area contributed by atoms with Crippen molar-refractivity contribution in [3.05, 3.63) is 36.0 Å². The van der Waals surface area contributed by atoms with Crippen molar-refractivity contribution in [1.29, 1.82) is 0 Å². The van der Waals surface area contributed by atoms with E-state index in [1.165, 1.54) is 16.5 Å². The maximum absolute atomic E-state index is 9.68. The van der Waals surface area contributed by atoms with E-state index in [4.69, 9.17) is 4.99 Å². The lowest BCUT2D eigenvalue weighted by atomic mass is 10.1. The van der Waals surface area contributed by atoms with E-state index >= 15 is 0 Å². The van der Waals surface area contributed by atoms with Crippen LogP contribution in [0.3, 0.4) is 0 Å². The van der Waals surface area contributed by atoms with Crippen molar-refractivity contribution in [3.63, 3.8) is 0 Å². The zero-order valence-electron chi connectivity index (χ0n) is 13.0.